The molecule has 1 N–H and O–H groups in total. The SMILES string of the molecule is CC(C)c1ccc(C(NC(=O)C2CC(F)CN2C(=O)Cc2nc(C(F)(F)F)co2)c2ccccc2)nc1F. The van der Waals surface area contributed by atoms with E-state index < -0.39 is 66.7 Å². The molecule has 202 valence electrons. The van der Waals surface area contributed by atoms with Gasteiger partial charge in [0.25, 0.3) is 0 Å². The highest BCUT2D eigenvalue weighted by molar-refractivity contribution is 5.89. The van der Waals surface area contributed by atoms with Crippen LogP contribution in [0.1, 0.15) is 60.6 Å². The van der Waals surface area contributed by atoms with Crippen molar-refractivity contribution in [3.05, 3.63) is 83.1 Å². The molecule has 12 heteroatoms. The number of carbonyl (C=O) groups excluding carboxylic acids is 2. The summed E-state index contributed by atoms with van der Waals surface area (Å²) in [5, 5.41) is 2.74. The predicted molar refractivity (Wildman–Crippen MR) is 125 cm³/mol. The van der Waals surface area contributed by atoms with Crippen LogP contribution in [-0.2, 0) is 22.2 Å². The summed E-state index contributed by atoms with van der Waals surface area (Å²) in [6.45, 7) is 3.21. The molecule has 0 bridgehead atoms. The van der Waals surface area contributed by atoms with E-state index >= 15 is 0 Å². The number of aromatic nitrogens is 2. The number of nitrogens with one attached hydrogen (secondary N) is 1. The van der Waals surface area contributed by atoms with Crippen molar-refractivity contribution in [1.29, 1.82) is 0 Å². The molecular formula is C26H25F5N4O3. The Labute approximate surface area is 215 Å². The first-order chi connectivity index (χ1) is 17.9. The van der Waals surface area contributed by atoms with Gasteiger partial charge in [-0.3, -0.25) is 9.59 Å². The fourth-order valence-corrected chi connectivity index (χ4v) is 4.32. The summed E-state index contributed by atoms with van der Waals surface area (Å²) in [5.41, 5.74) is -0.107. The molecule has 38 heavy (non-hydrogen) atoms. The molecule has 2 amide bonds. The van der Waals surface area contributed by atoms with Gasteiger partial charge < -0.3 is 14.6 Å². The number of amides is 2. The number of carbonyl (C=O) groups is 2. The van der Waals surface area contributed by atoms with Gasteiger partial charge in [0.2, 0.25) is 23.7 Å². The maximum atomic E-state index is 14.7. The molecule has 3 atom stereocenters. The zero-order valence-corrected chi connectivity index (χ0v) is 20.5. The number of pyridine rings is 1. The molecule has 1 aromatic carbocycles. The number of hydrogen-bond acceptors (Lipinski definition) is 5. The van der Waals surface area contributed by atoms with E-state index in [4.69, 9.17) is 4.42 Å². The Morgan fingerprint density at radius 3 is 2.45 bits per heavy atom. The smallest absolute Gasteiger partial charge is 0.436 e. The van der Waals surface area contributed by atoms with Crippen molar-refractivity contribution < 1.29 is 36.0 Å². The van der Waals surface area contributed by atoms with Crippen LogP contribution < -0.4 is 5.32 Å². The summed E-state index contributed by atoms with van der Waals surface area (Å²) in [6, 6.07) is 9.64. The molecule has 3 aromatic rings. The van der Waals surface area contributed by atoms with Crippen LogP contribution in [0.15, 0.2) is 53.1 Å². The van der Waals surface area contributed by atoms with Crippen molar-refractivity contribution in [3.63, 3.8) is 0 Å². The van der Waals surface area contributed by atoms with Gasteiger partial charge in [0.15, 0.2) is 5.69 Å². The average molecular weight is 537 g/mol. The second-order valence-corrected chi connectivity index (χ2v) is 9.32. The maximum absolute atomic E-state index is 14.7. The van der Waals surface area contributed by atoms with Crippen LogP contribution in [0.2, 0.25) is 0 Å². The van der Waals surface area contributed by atoms with E-state index in [1.54, 1.807) is 42.5 Å². The normalized spacial score (nSPS) is 18.6. The first-order valence-electron chi connectivity index (χ1n) is 11.9. The minimum absolute atomic E-state index is 0.114. The number of halogens is 5. The Bertz CT molecular complexity index is 1300. The van der Waals surface area contributed by atoms with Gasteiger partial charge in [-0.15, -0.1) is 0 Å². The zero-order chi connectivity index (χ0) is 27.6. The molecule has 3 heterocycles. The first kappa shape index (κ1) is 27.2. The van der Waals surface area contributed by atoms with E-state index in [1.165, 1.54) is 0 Å². The van der Waals surface area contributed by atoms with E-state index in [0.717, 1.165) is 4.90 Å². The van der Waals surface area contributed by atoms with Gasteiger partial charge in [-0.25, -0.2) is 14.4 Å². The molecule has 0 spiro atoms. The molecule has 0 radical (unpaired) electrons. The molecular weight excluding hydrogens is 511 g/mol. The van der Waals surface area contributed by atoms with Crippen LogP contribution in [0.5, 0.6) is 0 Å². The van der Waals surface area contributed by atoms with Crippen LogP contribution in [0.4, 0.5) is 22.0 Å². The third kappa shape index (κ3) is 6.00. The van der Waals surface area contributed by atoms with Crippen molar-refractivity contribution in [2.75, 3.05) is 6.54 Å². The third-order valence-corrected chi connectivity index (χ3v) is 6.25. The summed E-state index contributed by atoms with van der Waals surface area (Å²) in [4.78, 5) is 34.4. The van der Waals surface area contributed by atoms with Gasteiger partial charge >= 0.3 is 6.18 Å². The summed E-state index contributed by atoms with van der Waals surface area (Å²) in [6.07, 6.45) is -6.89. The zero-order valence-electron chi connectivity index (χ0n) is 20.5. The molecule has 0 saturated carbocycles. The minimum Gasteiger partial charge on any atom is -0.448 e. The second kappa shape index (κ2) is 10.9. The topological polar surface area (TPSA) is 88.3 Å². The number of oxazole rings is 1. The number of alkyl halides is 4. The lowest BCUT2D eigenvalue weighted by Gasteiger charge is -2.26. The monoisotopic (exact) mass is 536 g/mol. The Hall–Kier alpha value is -3.83. The van der Waals surface area contributed by atoms with Gasteiger partial charge in [-0.05, 0) is 17.5 Å². The highest BCUT2D eigenvalue weighted by Crippen LogP contribution is 2.30. The van der Waals surface area contributed by atoms with Gasteiger partial charge in [0.05, 0.1) is 18.3 Å². The molecule has 7 nitrogen and oxygen atoms in total. The predicted octanol–water partition coefficient (Wildman–Crippen LogP) is 4.74. The van der Waals surface area contributed by atoms with Gasteiger partial charge in [-0.1, -0.05) is 50.2 Å². The van der Waals surface area contributed by atoms with E-state index in [2.05, 4.69) is 15.3 Å². The van der Waals surface area contributed by atoms with Crippen molar-refractivity contribution in [3.8, 4) is 0 Å². The molecule has 3 unspecified atom stereocenters. The number of rotatable bonds is 7. The van der Waals surface area contributed by atoms with Crippen LogP contribution in [0, 0.1) is 5.95 Å². The largest absolute Gasteiger partial charge is 0.448 e. The number of likely N-dealkylation sites (tertiary alicyclic amines) is 1. The fraction of sp³-hybridized carbons (Fsp3) is 0.385. The van der Waals surface area contributed by atoms with Crippen molar-refractivity contribution in [2.24, 2.45) is 0 Å². The van der Waals surface area contributed by atoms with Gasteiger partial charge in [0.1, 0.15) is 24.9 Å². The Morgan fingerprint density at radius 1 is 1.13 bits per heavy atom. The lowest BCUT2D eigenvalue weighted by molar-refractivity contribution is -0.141. The molecule has 0 aliphatic carbocycles. The summed E-state index contributed by atoms with van der Waals surface area (Å²) < 4.78 is 72.2. The Kier molecular flexibility index (Phi) is 7.79. The lowest BCUT2D eigenvalue weighted by Crippen LogP contribution is -2.47. The molecule has 1 fully saturated rings. The average Bonchev–Trinajstić information content (AvgIpc) is 3.49. The summed E-state index contributed by atoms with van der Waals surface area (Å²) in [7, 11) is 0. The van der Waals surface area contributed by atoms with E-state index in [0.29, 0.717) is 17.4 Å². The van der Waals surface area contributed by atoms with Crippen molar-refractivity contribution >= 4 is 11.8 Å². The van der Waals surface area contributed by atoms with Crippen LogP contribution in [-0.4, -0.2) is 45.4 Å². The Balaban J connectivity index is 1.56. The van der Waals surface area contributed by atoms with E-state index in [1.807, 2.05) is 13.8 Å². The summed E-state index contributed by atoms with van der Waals surface area (Å²) in [5.74, 6) is -2.83. The van der Waals surface area contributed by atoms with Crippen LogP contribution >= 0.6 is 0 Å². The molecule has 1 saturated heterocycles. The van der Waals surface area contributed by atoms with E-state index in [9.17, 15) is 31.5 Å². The lowest BCUT2D eigenvalue weighted by atomic mass is 9.99. The fourth-order valence-electron chi connectivity index (χ4n) is 4.32. The molecule has 4 rings (SSSR count). The van der Waals surface area contributed by atoms with Crippen LogP contribution in [0.3, 0.4) is 0 Å². The highest BCUT2D eigenvalue weighted by Gasteiger charge is 2.41. The van der Waals surface area contributed by atoms with Crippen molar-refractivity contribution in [2.45, 2.75) is 57.0 Å². The van der Waals surface area contributed by atoms with Crippen molar-refractivity contribution in [1.82, 2.24) is 20.2 Å². The summed E-state index contributed by atoms with van der Waals surface area (Å²) >= 11 is 0. The molecule has 1 aliphatic heterocycles. The van der Waals surface area contributed by atoms with Gasteiger partial charge in [0, 0.05) is 12.0 Å². The molecule has 1 aliphatic rings. The third-order valence-electron chi connectivity index (χ3n) is 6.25. The first-order valence-corrected chi connectivity index (χ1v) is 11.9. The second-order valence-electron chi connectivity index (χ2n) is 9.32. The quantitative estimate of drug-likeness (QED) is 0.348. The molecule has 2 aromatic heterocycles. The van der Waals surface area contributed by atoms with E-state index in [-0.39, 0.29) is 18.0 Å². The number of benzene rings is 1. The highest BCUT2D eigenvalue weighted by atomic mass is 19.4. The van der Waals surface area contributed by atoms with Crippen LogP contribution in [0.25, 0.3) is 0 Å². The maximum Gasteiger partial charge on any atom is 0.436 e. The number of nitrogens with zero attached hydrogens (tertiary/aromatic N) is 3. The standard InChI is InChI=1S/C26H25F5N4O3/c1-14(2)17-8-9-18(32-24(17)28)23(15-6-4-3-5-7-15)34-25(37)19-10-16(27)12-35(19)22(36)11-21-33-20(13-38-21)26(29,30)31/h3-9,13-14,16,19,23H,10-12H2,1-2H3,(H,34,37). The minimum atomic E-state index is -4.75. The number of hydrogen-bond donors (Lipinski definition) is 1. The Morgan fingerprint density at radius 2 is 1.84 bits per heavy atom. The van der Waals surface area contributed by atoms with Gasteiger partial charge in [-0.2, -0.15) is 17.6 Å².